The van der Waals surface area contributed by atoms with E-state index < -0.39 is 0 Å². The number of aryl methyl sites for hydroxylation is 1. The molecular weight excluding hydrogens is 230 g/mol. The molecule has 0 saturated heterocycles. The molecule has 2 aromatic rings. The van der Waals surface area contributed by atoms with Gasteiger partial charge >= 0.3 is 0 Å². The van der Waals surface area contributed by atoms with E-state index >= 15 is 0 Å². The summed E-state index contributed by atoms with van der Waals surface area (Å²) in [6, 6.07) is 7.95. The van der Waals surface area contributed by atoms with Crippen molar-refractivity contribution in [3.05, 3.63) is 35.7 Å². The van der Waals surface area contributed by atoms with Crippen LogP contribution < -0.4 is 0 Å². The second kappa shape index (κ2) is 5.75. The Morgan fingerprint density at radius 1 is 1.22 bits per heavy atom. The average Bonchev–Trinajstić information content (AvgIpc) is 2.78. The Morgan fingerprint density at radius 2 is 1.94 bits per heavy atom. The van der Waals surface area contributed by atoms with E-state index in [0.29, 0.717) is 24.9 Å². The van der Waals surface area contributed by atoms with Gasteiger partial charge in [0.1, 0.15) is 0 Å². The first-order valence-electron chi connectivity index (χ1n) is 5.88. The van der Waals surface area contributed by atoms with E-state index in [1.165, 1.54) is 5.56 Å². The van der Waals surface area contributed by atoms with Crippen LogP contribution in [-0.4, -0.2) is 40.4 Å². The van der Waals surface area contributed by atoms with Gasteiger partial charge in [0.05, 0.1) is 13.2 Å². The van der Waals surface area contributed by atoms with Crippen molar-refractivity contribution in [1.29, 1.82) is 0 Å². The quantitative estimate of drug-likeness (QED) is 0.866. The first kappa shape index (κ1) is 12.7. The zero-order valence-electron chi connectivity index (χ0n) is 10.6. The van der Waals surface area contributed by atoms with E-state index in [0.717, 1.165) is 5.56 Å². The highest BCUT2D eigenvalue weighted by molar-refractivity contribution is 5.52. The topological polar surface area (TPSA) is 62.4 Å². The minimum Gasteiger partial charge on any atom is -0.419 e. The normalized spacial score (nSPS) is 11.1. The average molecular weight is 247 g/mol. The molecule has 18 heavy (non-hydrogen) atoms. The van der Waals surface area contributed by atoms with Gasteiger partial charge in [-0.3, -0.25) is 4.90 Å². The summed E-state index contributed by atoms with van der Waals surface area (Å²) in [6.45, 7) is 3.28. The first-order valence-corrected chi connectivity index (χ1v) is 5.88. The van der Waals surface area contributed by atoms with Crippen LogP contribution in [0.15, 0.2) is 28.7 Å². The largest absolute Gasteiger partial charge is 0.419 e. The van der Waals surface area contributed by atoms with Gasteiger partial charge in [-0.2, -0.15) is 0 Å². The van der Waals surface area contributed by atoms with Crippen LogP contribution in [0.2, 0.25) is 0 Å². The molecule has 0 aliphatic carbocycles. The van der Waals surface area contributed by atoms with E-state index in [2.05, 4.69) is 10.2 Å². The summed E-state index contributed by atoms with van der Waals surface area (Å²) in [5.74, 6) is 1.09. The lowest BCUT2D eigenvalue weighted by Gasteiger charge is -2.11. The molecule has 0 radical (unpaired) electrons. The standard InChI is InChI=1S/C13H17N3O2/c1-10-3-5-11(6-4-10)13-15-14-12(18-13)9-16(2)7-8-17/h3-6,17H,7-9H2,1-2H3. The monoisotopic (exact) mass is 247 g/mol. The van der Waals surface area contributed by atoms with Gasteiger partial charge in [-0.25, -0.2) is 0 Å². The molecule has 1 N–H and O–H groups in total. The van der Waals surface area contributed by atoms with Gasteiger partial charge in [0.25, 0.3) is 0 Å². The van der Waals surface area contributed by atoms with E-state index in [-0.39, 0.29) is 6.61 Å². The van der Waals surface area contributed by atoms with Crippen LogP contribution in [-0.2, 0) is 6.54 Å². The van der Waals surface area contributed by atoms with Gasteiger partial charge in [0.2, 0.25) is 11.8 Å². The summed E-state index contributed by atoms with van der Waals surface area (Å²) in [7, 11) is 1.89. The molecule has 0 unspecified atom stereocenters. The van der Waals surface area contributed by atoms with Crippen molar-refractivity contribution in [2.45, 2.75) is 13.5 Å². The maximum Gasteiger partial charge on any atom is 0.247 e. The summed E-state index contributed by atoms with van der Waals surface area (Å²) in [6.07, 6.45) is 0. The van der Waals surface area contributed by atoms with Crippen molar-refractivity contribution >= 4 is 0 Å². The number of aromatic nitrogens is 2. The Morgan fingerprint density at radius 3 is 2.61 bits per heavy atom. The van der Waals surface area contributed by atoms with Crippen molar-refractivity contribution in [2.24, 2.45) is 0 Å². The third-order valence-corrected chi connectivity index (χ3v) is 2.65. The molecule has 5 nitrogen and oxygen atoms in total. The smallest absolute Gasteiger partial charge is 0.247 e. The lowest BCUT2D eigenvalue weighted by atomic mass is 10.1. The molecule has 0 bridgehead atoms. The number of aliphatic hydroxyl groups is 1. The van der Waals surface area contributed by atoms with Crippen LogP contribution >= 0.6 is 0 Å². The fraction of sp³-hybridized carbons (Fsp3) is 0.385. The summed E-state index contributed by atoms with van der Waals surface area (Å²) in [4.78, 5) is 1.92. The van der Waals surface area contributed by atoms with Gasteiger partial charge in [-0.1, -0.05) is 17.7 Å². The molecule has 5 heteroatoms. The molecule has 0 amide bonds. The highest BCUT2D eigenvalue weighted by Gasteiger charge is 2.10. The fourth-order valence-electron chi connectivity index (χ4n) is 1.61. The van der Waals surface area contributed by atoms with Crippen LogP contribution in [0.4, 0.5) is 0 Å². The van der Waals surface area contributed by atoms with Gasteiger partial charge in [-0.05, 0) is 26.1 Å². The number of hydrogen-bond acceptors (Lipinski definition) is 5. The lowest BCUT2D eigenvalue weighted by molar-refractivity contribution is 0.206. The van der Waals surface area contributed by atoms with Gasteiger partial charge in [0.15, 0.2) is 0 Å². The zero-order valence-corrected chi connectivity index (χ0v) is 10.6. The molecule has 96 valence electrons. The van der Waals surface area contributed by atoms with E-state index in [4.69, 9.17) is 9.52 Å². The number of likely N-dealkylation sites (N-methyl/N-ethyl adjacent to an activating group) is 1. The minimum atomic E-state index is 0.120. The molecule has 0 aliphatic rings. The van der Waals surface area contributed by atoms with E-state index in [9.17, 15) is 0 Å². The van der Waals surface area contributed by atoms with Gasteiger partial charge in [0, 0.05) is 12.1 Å². The Kier molecular flexibility index (Phi) is 4.07. The first-order chi connectivity index (χ1) is 8.69. The lowest BCUT2D eigenvalue weighted by Crippen LogP contribution is -2.21. The zero-order chi connectivity index (χ0) is 13.0. The summed E-state index contributed by atoms with van der Waals surface area (Å²) in [5.41, 5.74) is 2.12. The summed E-state index contributed by atoms with van der Waals surface area (Å²) in [5, 5.41) is 16.8. The number of aliphatic hydroxyl groups excluding tert-OH is 1. The van der Waals surface area contributed by atoms with Crippen molar-refractivity contribution in [1.82, 2.24) is 15.1 Å². The highest BCUT2D eigenvalue weighted by atomic mass is 16.4. The SMILES string of the molecule is Cc1ccc(-c2nnc(CN(C)CCO)o2)cc1. The third kappa shape index (κ3) is 3.15. The predicted octanol–water partition coefficient (Wildman–Crippen LogP) is 1.47. The molecule has 2 rings (SSSR count). The predicted molar refractivity (Wildman–Crippen MR) is 67.9 cm³/mol. The number of benzene rings is 1. The molecule has 0 atom stereocenters. The third-order valence-electron chi connectivity index (χ3n) is 2.65. The Hall–Kier alpha value is -1.72. The summed E-state index contributed by atoms with van der Waals surface area (Å²) < 4.78 is 5.58. The second-order valence-corrected chi connectivity index (χ2v) is 4.33. The van der Waals surface area contributed by atoms with Crippen molar-refractivity contribution in [3.8, 4) is 11.5 Å². The molecule has 1 heterocycles. The number of nitrogens with zero attached hydrogens (tertiary/aromatic N) is 3. The van der Waals surface area contributed by atoms with Gasteiger partial charge < -0.3 is 9.52 Å². The molecule has 0 aliphatic heterocycles. The number of hydrogen-bond donors (Lipinski definition) is 1. The maximum absolute atomic E-state index is 8.82. The van der Waals surface area contributed by atoms with Gasteiger partial charge in [-0.15, -0.1) is 10.2 Å². The van der Waals surface area contributed by atoms with Crippen LogP contribution in [0.3, 0.4) is 0 Å². The van der Waals surface area contributed by atoms with Crippen LogP contribution in [0, 0.1) is 6.92 Å². The van der Waals surface area contributed by atoms with Crippen LogP contribution in [0.5, 0.6) is 0 Å². The van der Waals surface area contributed by atoms with Crippen molar-refractivity contribution < 1.29 is 9.52 Å². The summed E-state index contributed by atoms with van der Waals surface area (Å²) >= 11 is 0. The molecule has 1 aromatic heterocycles. The fourth-order valence-corrected chi connectivity index (χ4v) is 1.61. The van der Waals surface area contributed by atoms with E-state index in [1.54, 1.807) is 0 Å². The Labute approximate surface area is 106 Å². The maximum atomic E-state index is 8.82. The molecule has 0 spiro atoms. The minimum absolute atomic E-state index is 0.120. The molecule has 0 fully saturated rings. The highest BCUT2D eigenvalue weighted by Crippen LogP contribution is 2.18. The molecule has 0 saturated carbocycles. The van der Waals surface area contributed by atoms with Crippen LogP contribution in [0.1, 0.15) is 11.5 Å². The van der Waals surface area contributed by atoms with Crippen LogP contribution in [0.25, 0.3) is 11.5 Å². The molecular formula is C13H17N3O2. The second-order valence-electron chi connectivity index (χ2n) is 4.33. The van der Waals surface area contributed by atoms with Crippen molar-refractivity contribution in [3.63, 3.8) is 0 Å². The van der Waals surface area contributed by atoms with Crippen molar-refractivity contribution in [2.75, 3.05) is 20.2 Å². The Bertz CT molecular complexity index is 493. The Balaban J connectivity index is 2.08. The number of rotatable bonds is 5. The molecule has 1 aromatic carbocycles. The van der Waals surface area contributed by atoms with E-state index in [1.807, 2.05) is 43.1 Å².